The number of carbonyl (C=O) groups excluding carboxylic acids is 1. The van der Waals surface area contributed by atoms with E-state index in [-0.39, 0.29) is 5.91 Å². The van der Waals surface area contributed by atoms with Gasteiger partial charge in [-0.2, -0.15) is 5.26 Å². The summed E-state index contributed by atoms with van der Waals surface area (Å²) < 4.78 is 0. The molecule has 0 aromatic heterocycles. The summed E-state index contributed by atoms with van der Waals surface area (Å²) in [6, 6.07) is 13.2. The molecule has 1 amide bonds. The van der Waals surface area contributed by atoms with Gasteiger partial charge in [0.25, 0.3) is 0 Å². The summed E-state index contributed by atoms with van der Waals surface area (Å²) in [7, 11) is 0. The van der Waals surface area contributed by atoms with Gasteiger partial charge in [0.2, 0.25) is 5.91 Å². The van der Waals surface area contributed by atoms with Gasteiger partial charge >= 0.3 is 0 Å². The molecular weight excluding hydrogens is 346 g/mol. The van der Waals surface area contributed by atoms with Gasteiger partial charge in [0.15, 0.2) is 0 Å². The van der Waals surface area contributed by atoms with Crippen molar-refractivity contribution in [3.63, 3.8) is 0 Å². The summed E-state index contributed by atoms with van der Waals surface area (Å²) in [4.78, 5) is 15.0. The number of amides is 1. The van der Waals surface area contributed by atoms with Crippen molar-refractivity contribution in [3.05, 3.63) is 35.9 Å². The van der Waals surface area contributed by atoms with Gasteiger partial charge in [-0.05, 0) is 74.2 Å². The molecule has 1 aromatic carbocycles. The molecule has 1 heterocycles. The molecule has 4 bridgehead atoms. The molecule has 6 rings (SSSR count). The number of piperidine rings is 1. The molecule has 4 saturated carbocycles. The first-order valence-electron chi connectivity index (χ1n) is 11.1. The monoisotopic (exact) mass is 377 g/mol. The molecule has 1 saturated heterocycles. The molecule has 5 aliphatic rings. The highest BCUT2D eigenvalue weighted by Crippen LogP contribution is 2.53. The van der Waals surface area contributed by atoms with Crippen LogP contribution in [-0.2, 0) is 10.2 Å². The Hall–Kier alpha value is -1.86. The van der Waals surface area contributed by atoms with Crippen LogP contribution in [0.1, 0.15) is 50.5 Å². The highest BCUT2D eigenvalue weighted by Gasteiger charge is 2.48. The molecule has 4 aliphatic carbocycles. The molecule has 0 atom stereocenters. The topological polar surface area (TPSA) is 56.1 Å². The summed E-state index contributed by atoms with van der Waals surface area (Å²) in [5.74, 6) is 3.53. The highest BCUT2D eigenvalue weighted by atomic mass is 16.2. The molecule has 0 unspecified atom stereocenters. The van der Waals surface area contributed by atoms with Gasteiger partial charge in [0.05, 0.1) is 18.0 Å². The van der Waals surface area contributed by atoms with E-state index in [1.165, 1.54) is 32.1 Å². The lowest BCUT2D eigenvalue weighted by Gasteiger charge is -2.54. The number of nitrogens with one attached hydrogen (secondary N) is 1. The second-order valence-corrected chi connectivity index (χ2v) is 9.86. The number of carbonyl (C=O) groups is 1. The molecule has 0 spiro atoms. The summed E-state index contributed by atoms with van der Waals surface area (Å²) in [5, 5.41) is 13.3. The van der Waals surface area contributed by atoms with Crippen molar-refractivity contribution < 1.29 is 4.79 Å². The SMILES string of the molecule is N#CC1(c2ccccc2)CCN(CC(=O)NC2C3CC4CC(C3)CC2C4)CC1. The van der Waals surface area contributed by atoms with E-state index in [0.29, 0.717) is 12.6 Å². The predicted molar refractivity (Wildman–Crippen MR) is 108 cm³/mol. The third kappa shape index (κ3) is 3.24. The maximum atomic E-state index is 12.8. The largest absolute Gasteiger partial charge is 0.352 e. The maximum Gasteiger partial charge on any atom is 0.234 e. The zero-order chi connectivity index (χ0) is 19.1. The molecule has 4 heteroatoms. The standard InChI is InChI=1S/C24H31N3O/c25-16-24(21-4-2-1-3-5-21)6-8-27(9-7-24)15-22(28)26-23-19-11-17-10-18(13-19)14-20(23)12-17/h1-5,17-20,23H,6-15H2,(H,26,28). The third-order valence-corrected chi connectivity index (χ3v) is 8.17. The van der Waals surface area contributed by atoms with Crippen LogP contribution in [0.4, 0.5) is 0 Å². The normalized spacial score (nSPS) is 36.0. The zero-order valence-corrected chi connectivity index (χ0v) is 16.6. The highest BCUT2D eigenvalue weighted by molar-refractivity contribution is 5.78. The van der Waals surface area contributed by atoms with Gasteiger partial charge in [-0.1, -0.05) is 30.3 Å². The van der Waals surface area contributed by atoms with Crippen LogP contribution in [0.5, 0.6) is 0 Å². The van der Waals surface area contributed by atoms with Crippen molar-refractivity contribution >= 4 is 5.91 Å². The molecule has 1 aliphatic heterocycles. The minimum absolute atomic E-state index is 0.196. The molecular formula is C24H31N3O. The van der Waals surface area contributed by atoms with Crippen LogP contribution >= 0.6 is 0 Å². The maximum absolute atomic E-state index is 12.8. The van der Waals surface area contributed by atoms with Crippen LogP contribution in [0.2, 0.25) is 0 Å². The molecule has 28 heavy (non-hydrogen) atoms. The Bertz CT molecular complexity index is 732. The van der Waals surface area contributed by atoms with Crippen molar-refractivity contribution in [2.45, 2.75) is 56.4 Å². The fraction of sp³-hybridized carbons (Fsp3) is 0.667. The zero-order valence-electron chi connectivity index (χ0n) is 16.6. The van der Waals surface area contributed by atoms with Crippen molar-refractivity contribution in [1.29, 1.82) is 5.26 Å². The van der Waals surface area contributed by atoms with E-state index >= 15 is 0 Å². The average molecular weight is 378 g/mol. The first kappa shape index (κ1) is 18.2. The van der Waals surface area contributed by atoms with E-state index in [1.54, 1.807) is 0 Å². The number of rotatable bonds is 4. The Morgan fingerprint density at radius 1 is 1.04 bits per heavy atom. The van der Waals surface area contributed by atoms with E-state index in [2.05, 4.69) is 28.4 Å². The van der Waals surface area contributed by atoms with Crippen LogP contribution < -0.4 is 5.32 Å². The lowest BCUT2D eigenvalue weighted by atomic mass is 9.54. The Morgan fingerprint density at radius 3 is 2.21 bits per heavy atom. The number of hydrogen-bond donors (Lipinski definition) is 1. The fourth-order valence-corrected chi connectivity index (χ4v) is 6.91. The number of nitrogens with zero attached hydrogens (tertiary/aromatic N) is 2. The number of hydrogen-bond acceptors (Lipinski definition) is 3. The number of nitriles is 1. The third-order valence-electron chi connectivity index (χ3n) is 8.17. The van der Waals surface area contributed by atoms with Gasteiger partial charge in [0.1, 0.15) is 0 Å². The quantitative estimate of drug-likeness (QED) is 0.874. The molecule has 148 valence electrons. The first-order valence-corrected chi connectivity index (χ1v) is 11.1. The molecule has 1 N–H and O–H groups in total. The van der Waals surface area contributed by atoms with E-state index < -0.39 is 5.41 Å². The van der Waals surface area contributed by atoms with Crippen molar-refractivity contribution in [3.8, 4) is 6.07 Å². The van der Waals surface area contributed by atoms with E-state index in [9.17, 15) is 10.1 Å². The van der Waals surface area contributed by atoms with Crippen LogP contribution in [0.15, 0.2) is 30.3 Å². The van der Waals surface area contributed by atoms with Gasteiger partial charge in [-0.3, -0.25) is 9.69 Å². The second-order valence-electron chi connectivity index (χ2n) is 9.86. The Morgan fingerprint density at radius 2 is 1.64 bits per heavy atom. The minimum Gasteiger partial charge on any atom is -0.352 e. The van der Waals surface area contributed by atoms with E-state index in [0.717, 1.165) is 55.2 Å². The Labute approximate surface area is 168 Å². The first-order chi connectivity index (χ1) is 13.6. The van der Waals surface area contributed by atoms with Crippen LogP contribution in [0, 0.1) is 35.0 Å². The van der Waals surface area contributed by atoms with Crippen molar-refractivity contribution in [2.75, 3.05) is 19.6 Å². The average Bonchev–Trinajstić information content (AvgIpc) is 2.72. The summed E-state index contributed by atoms with van der Waals surface area (Å²) in [5.41, 5.74) is 0.727. The number of benzene rings is 1. The summed E-state index contributed by atoms with van der Waals surface area (Å²) in [6.45, 7) is 2.12. The number of likely N-dealkylation sites (tertiary alicyclic amines) is 1. The van der Waals surface area contributed by atoms with Crippen LogP contribution in [0.3, 0.4) is 0 Å². The Kier molecular flexibility index (Phi) is 4.67. The lowest BCUT2D eigenvalue weighted by Crippen LogP contribution is -2.57. The van der Waals surface area contributed by atoms with Gasteiger partial charge in [0, 0.05) is 19.1 Å². The molecule has 0 radical (unpaired) electrons. The van der Waals surface area contributed by atoms with Crippen LogP contribution in [-0.4, -0.2) is 36.5 Å². The van der Waals surface area contributed by atoms with E-state index in [1.807, 2.05) is 18.2 Å². The predicted octanol–water partition coefficient (Wildman–Crippen LogP) is 3.48. The molecule has 5 fully saturated rings. The van der Waals surface area contributed by atoms with Gasteiger partial charge in [-0.15, -0.1) is 0 Å². The molecule has 1 aromatic rings. The fourth-order valence-electron chi connectivity index (χ4n) is 6.91. The Balaban J connectivity index is 1.16. The molecule has 4 nitrogen and oxygen atoms in total. The van der Waals surface area contributed by atoms with Gasteiger partial charge in [-0.25, -0.2) is 0 Å². The van der Waals surface area contributed by atoms with Crippen molar-refractivity contribution in [1.82, 2.24) is 10.2 Å². The van der Waals surface area contributed by atoms with Crippen molar-refractivity contribution in [2.24, 2.45) is 23.7 Å². The second kappa shape index (κ2) is 7.19. The summed E-state index contributed by atoms with van der Waals surface area (Å²) in [6.07, 6.45) is 8.40. The smallest absolute Gasteiger partial charge is 0.234 e. The summed E-state index contributed by atoms with van der Waals surface area (Å²) >= 11 is 0. The van der Waals surface area contributed by atoms with Gasteiger partial charge < -0.3 is 5.32 Å². The van der Waals surface area contributed by atoms with Crippen LogP contribution in [0.25, 0.3) is 0 Å². The lowest BCUT2D eigenvalue weighted by molar-refractivity contribution is -0.126. The minimum atomic E-state index is -0.393. The van der Waals surface area contributed by atoms with E-state index in [4.69, 9.17) is 0 Å².